The minimum absolute atomic E-state index is 0. The van der Waals surface area contributed by atoms with Gasteiger partial charge in [0.2, 0.25) is 0 Å². The molecular weight excluding hydrogens is 363 g/mol. The molecule has 0 N–H and O–H groups in total. The summed E-state index contributed by atoms with van der Waals surface area (Å²) in [6.45, 7) is 7.44. The minimum atomic E-state index is 0. The summed E-state index contributed by atoms with van der Waals surface area (Å²) in [5, 5.41) is 0. The molecule has 2 aliphatic rings. The number of hydrogen-bond donors (Lipinski definition) is 0. The number of halogens is 1. The Hall–Kier alpha value is -0.210. The smallest absolute Gasteiger partial charge is 1.00 e. The van der Waals surface area contributed by atoms with Crippen molar-refractivity contribution in [3.05, 3.63) is 85.8 Å². The van der Waals surface area contributed by atoms with Gasteiger partial charge in [-0.25, -0.2) is 0 Å². The predicted molar refractivity (Wildman–Crippen MR) is 69.2 cm³/mol. The monoisotopic (exact) mass is 376 g/mol. The molecule has 0 unspecified atom stereocenters. The second kappa shape index (κ2) is 11.3. The van der Waals surface area contributed by atoms with Gasteiger partial charge >= 0.3 is 25.8 Å². The van der Waals surface area contributed by atoms with Crippen LogP contribution in [0.2, 0.25) is 0 Å². The molecule has 0 nitrogen and oxygen atoms in total. The molecule has 2 aliphatic carbocycles. The van der Waals surface area contributed by atoms with E-state index in [1.165, 1.54) is 0 Å². The number of rotatable bonds is 0. The standard InChI is InChI=1S/2C7H7.BrH.In/c2*1-7-5-3-2-4-6-7;;/h2*2-6H,1H2;1H;/q;;;+1/p-1. The Labute approximate surface area is 128 Å². The van der Waals surface area contributed by atoms with Crippen LogP contribution in [-0.2, 0) is 0 Å². The molecule has 0 aromatic rings. The molecule has 0 bridgehead atoms. The Morgan fingerprint density at radius 3 is 1.12 bits per heavy atom. The van der Waals surface area contributed by atoms with E-state index < -0.39 is 0 Å². The summed E-state index contributed by atoms with van der Waals surface area (Å²) in [6, 6.07) is 0. The SMILES string of the molecule is C=C1[CH]C=CC=C1.C=C1[CH]C=CC=C1.[Br-].[In+]. The maximum atomic E-state index is 3.72. The van der Waals surface area contributed by atoms with Gasteiger partial charge in [-0.1, -0.05) is 61.8 Å². The molecule has 0 aromatic heterocycles. The molecule has 80 valence electrons. The van der Waals surface area contributed by atoms with E-state index in [2.05, 4.69) is 13.2 Å². The van der Waals surface area contributed by atoms with E-state index in [1.807, 2.05) is 61.4 Å². The summed E-state index contributed by atoms with van der Waals surface area (Å²) in [5.41, 5.74) is 2.14. The van der Waals surface area contributed by atoms with Gasteiger partial charge < -0.3 is 17.0 Å². The van der Waals surface area contributed by atoms with Crippen LogP contribution in [0.1, 0.15) is 0 Å². The van der Waals surface area contributed by atoms with E-state index in [-0.39, 0.29) is 42.8 Å². The third-order valence-electron chi connectivity index (χ3n) is 1.69. The molecule has 2 heteroatoms. The van der Waals surface area contributed by atoms with Crippen LogP contribution in [0, 0.1) is 12.8 Å². The largest absolute Gasteiger partial charge is 1.00 e. The van der Waals surface area contributed by atoms with Crippen LogP contribution in [0.4, 0.5) is 0 Å². The van der Waals surface area contributed by atoms with Crippen LogP contribution in [0.15, 0.2) is 72.9 Å². The summed E-state index contributed by atoms with van der Waals surface area (Å²) in [4.78, 5) is 0. The molecule has 0 fully saturated rings. The van der Waals surface area contributed by atoms with E-state index in [0.717, 1.165) is 11.1 Å². The first-order valence-electron chi connectivity index (χ1n) is 4.53. The van der Waals surface area contributed by atoms with Crippen LogP contribution >= 0.6 is 0 Å². The molecule has 0 saturated heterocycles. The van der Waals surface area contributed by atoms with Gasteiger partial charge in [-0.2, -0.15) is 0 Å². The van der Waals surface area contributed by atoms with Crippen molar-refractivity contribution in [1.29, 1.82) is 0 Å². The van der Waals surface area contributed by atoms with Crippen LogP contribution in [-0.4, -0.2) is 25.8 Å². The normalized spacial score (nSPS) is 15.8. The van der Waals surface area contributed by atoms with Gasteiger partial charge in [0.05, 0.1) is 0 Å². The number of allylic oxidation sites excluding steroid dienone is 10. The van der Waals surface area contributed by atoms with Crippen molar-refractivity contribution in [1.82, 2.24) is 0 Å². The zero-order valence-electron chi connectivity index (χ0n) is 9.14. The molecule has 0 aliphatic heterocycles. The topological polar surface area (TPSA) is 0 Å². The minimum Gasteiger partial charge on any atom is -1.00 e. The van der Waals surface area contributed by atoms with Crippen LogP contribution in [0.5, 0.6) is 0 Å². The van der Waals surface area contributed by atoms with Crippen molar-refractivity contribution in [3.63, 3.8) is 0 Å². The van der Waals surface area contributed by atoms with Crippen molar-refractivity contribution in [2.75, 3.05) is 0 Å². The van der Waals surface area contributed by atoms with Gasteiger partial charge in [-0.05, 0) is 11.1 Å². The van der Waals surface area contributed by atoms with E-state index in [1.54, 1.807) is 0 Å². The predicted octanol–water partition coefficient (Wildman–Crippen LogP) is 0.369. The fourth-order valence-corrected chi connectivity index (χ4v) is 0.956. The van der Waals surface area contributed by atoms with Crippen molar-refractivity contribution >= 4 is 25.8 Å². The summed E-state index contributed by atoms with van der Waals surface area (Å²) in [7, 11) is 0. The van der Waals surface area contributed by atoms with Crippen molar-refractivity contribution < 1.29 is 17.0 Å². The van der Waals surface area contributed by atoms with Gasteiger partial charge in [0, 0.05) is 12.8 Å². The Morgan fingerprint density at radius 2 is 1.00 bits per heavy atom. The maximum absolute atomic E-state index is 3.72. The zero-order chi connectivity index (χ0) is 10.2. The second-order valence-electron chi connectivity index (χ2n) is 2.97. The van der Waals surface area contributed by atoms with Crippen molar-refractivity contribution in [3.8, 4) is 0 Å². The van der Waals surface area contributed by atoms with E-state index >= 15 is 0 Å². The van der Waals surface area contributed by atoms with Gasteiger partial charge in [-0.3, -0.25) is 0 Å². The van der Waals surface area contributed by atoms with Gasteiger partial charge in [0.15, 0.2) is 0 Å². The molecule has 0 heterocycles. The average molecular weight is 377 g/mol. The summed E-state index contributed by atoms with van der Waals surface area (Å²) >= 11 is 0. The Kier molecular flexibility index (Phi) is 12.8. The van der Waals surface area contributed by atoms with Crippen LogP contribution in [0.25, 0.3) is 0 Å². The molecule has 0 aromatic carbocycles. The third kappa shape index (κ3) is 9.05. The van der Waals surface area contributed by atoms with Gasteiger partial charge in [0.25, 0.3) is 0 Å². The average Bonchev–Trinajstić information content (AvgIpc) is 2.21. The maximum Gasteiger partial charge on any atom is 1.00 e. The third-order valence-corrected chi connectivity index (χ3v) is 1.69. The fourth-order valence-electron chi connectivity index (χ4n) is 0.956. The van der Waals surface area contributed by atoms with Crippen LogP contribution in [0.3, 0.4) is 0 Å². The first-order valence-corrected chi connectivity index (χ1v) is 4.53. The molecule has 4 radical (unpaired) electrons. The van der Waals surface area contributed by atoms with E-state index in [4.69, 9.17) is 0 Å². The van der Waals surface area contributed by atoms with E-state index in [9.17, 15) is 0 Å². The first-order chi connectivity index (χ1) is 6.79. The Morgan fingerprint density at radius 1 is 0.625 bits per heavy atom. The summed E-state index contributed by atoms with van der Waals surface area (Å²) in [6.07, 6.45) is 19.7. The zero-order valence-corrected chi connectivity index (χ0v) is 14.0. The molecule has 0 saturated carbocycles. The molecular formula is C14H14BrIn. The Balaban J connectivity index is 0. The van der Waals surface area contributed by atoms with Gasteiger partial charge in [0.1, 0.15) is 0 Å². The quantitative estimate of drug-likeness (QED) is 0.573. The van der Waals surface area contributed by atoms with Crippen LogP contribution < -0.4 is 17.0 Å². The fraction of sp³-hybridized carbons (Fsp3) is 0. The van der Waals surface area contributed by atoms with Gasteiger partial charge in [-0.15, -0.1) is 0 Å². The Bertz CT molecular complexity index is 299. The van der Waals surface area contributed by atoms with Crippen molar-refractivity contribution in [2.45, 2.75) is 0 Å². The summed E-state index contributed by atoms with van der Waals surface area (Å²) in [5.74, 6) is 0. The number of hydrogen-bond acceptors (Lipinski definition) is 0. The molecule has 0 amide bonds. The van der Waals surface area contributed by atoms with Crippen molar-refractivity contribution in [2.24, 2.45) is 0 Å². The van der Waals surface area contributed by atoms with E-state index in [0.29, 0.717) is 0 Å². The molecule has 0 atom stereocenters. The molecule has 0 spiro atoms. The summed E-state index contributed by atoms with van der Waals surface area (Å²) < 4.78 is 0. The molecule has 2 rings (SSSR count). The molecule has 16 heavy (non-hydrogen) atoms. The first kappa shape index (κ1) is 18.2. The second-order valence-corrected chi connectivity index (χ2v) is 2.97.